The van der Waals surface area contributed by atoms with Crippen molar-refractivity contribution >= 4 is 5.57 Å². The van der Waals surface area contributed by atoms with Gasteiger partial charge in [0.25, 0.3) is 0 Å². The quantitative estimate of drug-likeness (QED) is 0.838. The number of hydrogen-bond donors (Lipinski definition) is 0. The summed E-state index contributed by atoms with van der Waals surface area (Å²) in [5.41, 5.74) is 4.48. The molecule has 0 aromatic heterocycles. The highest BCUT2D eigenvalue weighted by molar-refractivity contribution is 5.68. The van der Waals surface area contributed by atoms with Crippen molar-refractivity contribution in [3.05, 3.63) is 41.5 Å². The smallest absolute Gasteiger partial charge is 0.0594 e. The van der Waals surface area contributed by atoms with Crippen LogP contribution in [0.4, 0.5) is 0 Å². The molecule has 1 aromatic carbocycles. The molecule has 2 nitrogen and oxygen atoms in total. The molecule has 2 fully saturated rings. The third-order valence-electron chi connectivity index (χ3n) is 5.45. The van der Waals surface area contributed by atoms with Crippen LogP contribution in [0.2, 0.25) is 0 Å². The minimum atomic E-state index is 0.882. The van der Waals surface area contributed by atoms with E-state index in [4.69, 9.17) is 4.74 Å². The minimum absolute atomic E-state index is 0.882. The lowest BCUT2D eigenvalue weighted by molar-refractivity contribution is 0.0342. The Labute approximate surface area is 127 Å². The molecule has 0 bridgehead atoms. The molecule has 112 valence electrons. The summed E-state index contributed by atoms with van der Waals surface area (Å²) in [5, 5.41) is 0. The van der Waals surface area contributed by atoms with Crippen LogP contribution in [-0.2, 0) is 11.3 Å². The van der Waals surface area contributed by atoms with E-state index in [0.717, 1.165) is 44.7 Å². The van der Waals surface area contributed by atoms with Gasteiger partial charge in [-0.3, -0.25) is 4.90 Å². The first-order valence-electron chi connectivity index (χ1n) is 8.48. The highest BCUT2D eigenvalue weighted by Crippen LogP contribution is 2.45. The molecule has 1 saturated heterocycles. The number of rotatable bonds is 3. The number of benzene rings is 1. The van der Waals surface area contributed by atoms with E-state index in [2.05, 4.69) is 35.2 Å². The minimum Gasteiger partial charge on any atom is -0.379 e. The summed E-state index contributed by atoms with van der Waals surface area (Å²) in [6.45, 7) is 4.96. The summed E-state index contributed by atoms with van der Waals surface area (Å²) < 4.78 is 5.41. The zero-order valence-electron chi connectivity index (χ0n) is 12.8. The maximum atomic E-state index is 5.41. The van der Waals surface area contributed by atoms with Crippen LogP contribution >= 0.6 is 0 Å². The standard InChI is InChI=1S/C19H25NO/c1-2-17-12-19(13-18(17)3-1)16-6-4-15(5-7-16)14-20-8-10-21-11-9-20/h4-7,12,17-18H,1-3,8-11,13-14H2. The molecule has 4 rings (SSSR count). The number of allylic oxidation sites excluding steroid dienone is 2. The normalized spacial score (nSPS) is 29.4. The molecule has 0 radical (unpaired) electrons. The van der Waals surface area contributed by atoms with Crippen LogP contribution in [0.3, 0.4) is 0 Å². The number of morpholine rings is 1. The Morgan fingerprint density at radius 2 is 1.86 bits per heavy atom. The zero-order chi connectivity index (χ0) is 14.1. The van der Waals surface area contributed by atoms with E-state index in [0.29, 0.717) is 0 Å². The van der Waals surface area contributed by atoms with E-state index in [1.807, 2.05) is 0 Å². The Bertz CT molecular complexity index is 513. The summed E-state index contributed by atoms with van der Waals surface area (Å²) in [6.07, 6.45) is 8.18. The maximum Gasteiger partial charge on any atom is 0.0594 e. The van der Waals surface area contributed by atoms with Gasteiger partial charge >= 0.3 is 0 Å². The molecule has 2 aliphatic carbocycles. The van der Waals surface area contributed by atoms with Gasteiger partial charge in [0.15, 0.2) is 0 Å². The lowest BCUT2D eigenvalue weighted by Crippen LogP contribution is -2.35. The van der Waals surface area contributed by atoms with Gasteiger partial charge in [-0.15, -0.1) is 0 Å². The van der Waals surface area contributed by atoms with Gasteiger partial charge in [-0.1, -0.05) is 36.8 Å². The lowest BCUT2D eigenvalue weighted by atomic mass is 9.97. The highest BCUT2D eigenvalue weighted by atomic mass is 16.5. The first kappa shape index (κ1) is 13.5. The van der Waals surface area contributed by atoms with E-state index >= 15 is 0 Å². The summed E-state index contributed by atoms with van der Waals surface area (Å²) in [6, 6.07) is 9.31. The molecule has 0 spiro atoms. The average molecular weight is 283 g/mol. The molecule has 1 aromatic rings. The van der Waals surface area contributed by atoms with Crippen molar-refractivity contribution < 1.29 is 4.74 Å². The molecule has 21 heavy (non-hydrogen) atoms. The van der Waals surface area contributed by atoms with Crippen molar-refractivity contribution in [1.29, 1.82) is 0 Å². The highest BCUT2D eigenvalue weighted by Gasteiger charge is 2.31. The fourth-order valence-corrected chi connectivity index (χ4v) is 4.20. The Balaban J connectivity index is 1.41. The molecule has 1 saturated carbocycles. The third kappa shape index (κ3) is 2.93. The second-order valence-corrected chi connectivity index (χ2v) is 6.84. The third-order valence-corrected chi connectivity index (χ3v) is 5.45. The van der Waals surface area contributed by atoms with E-state index in [9.17, 15) is 0 Å². The Morgan fingerprint density at radius 1 is 1.05 bits per heavy atom. The van der Waals surface area contributed by atoms with Crippen molar-refractivity contribution in [1.82, 2.24) is 4.90 Å². The van der Waals surface area contributed by atoms with Gasteiger partial charge in [0, 0.05) is 19.6 Å². The summed E-state index contributed by atoms with van der Waals surface area (Å²) in [4.78, 5) is 2.48. The second kappa shape index (κ2) is 5.94. The van der Waals surface area contributed by atoms with Crippen LogP contribution in [0, 0.1) is 11.8 Å². The van der Waals surface area contributed by atoms with Crippen molar-refractivity contribution in [3.63, 3.8) is 0 Å². The first-order chi connectivity index (χ1) is 10.4. The number of hydrogen-bond acceptors (Lipinski definition) is 2. The topological polar surface area (TPSA) is 12.5 Å². The predicted octanol–water partition coefficient (Wildman–Crippen LogP) is 3.72. The predicted molar refractivity (Wildman–Crippen MR) is 86.0 cm³/mol. The van der Waals surface area contributed by atoms with Crippen LogP contribution in [-0.4, -0.2) is 31.2 Å². The molecular weight excluding hydrogens is 258 g/mol. The SMILES string of the molecule is C1=C(c2ccc(CN3CCOCC3)cc2)CC2CCCC12. The summed E-state index contributed by atoms with van der Waals surface area (Å²) in [5.74, 6) is 1.83. The molecule has 0 N–H and O–H groups in total. The van der Waals surface area contributed by atoms with Crippen LogP contribution in [0.25, 0.3) is 5.57 Å². The van der Waals surface area contributed by atoms with Gasteiger partial charge in [0.1, 0.15) is 0 Å². The largest absolute Gasteiger partial charge is 0.379 e. The summed E-state index contributed by atoms with van der Waals surface area (Å²) in [7, 11) is 0. The average Bonchev–Trinajstić information content (AvgIpc) is 3.10. The van der Waals surface area contributed by atoms with Crippen molar-refractivity contribution in [2.24, 2.45) is 11.8 Å². The second-order valence-electron chi connectivity index (χ2n) is 6.84. The fourth-order valence-electron chi connectivity index (χ4n) is 4.20. The van der Waals surface area contributed by atoms with Crippen molar-refractivity contribution in [3.8, 4) is 0 Å². The number of ether oxygens (including phenoxy) is 1. The van der Waals surface area contributed by atoms with E-state index in [-0.39, 0.29) is 0 Å². The van der Waals surface area contributed by atoms with Crippen LogP contribution < -0.4 is 0 Å². The molecule has 1 aliphatic heterocycles. The van der Waals surface area contributed by atoms with Crippen LogP contribution in [0.5, 0.6) is 0 Å². The molecule has 1 heterocycles. The van der Waals surface area contributed by atoms with Gasteiger partial charge in [0.2, 0.25) is 0 Å². The Morgan fingerprint density at radius 3 is 2.62 bits per heavy atom. The Hall–Kier alpha value is -1.12. The molecule has 3 aliphatic rings. The monoisotopic (exact) mass is 283 g/mol. The molecule has 2 unspecified atom stereocenters. The first-order valence-corrected chi connectivity index (χ1v) is 8.48. The lowest BCUT2D eigenvalue weighted by Gasteiger charge is -2.26. The van der Waals surface area contributed by atoms with Gasteiger partial charge in [-0.2, -0.15) is 0 Å². The molecule has 0 amide bonds. The molecular formula is C19H25NO. The van der Waals surface area contributed by atoms with Crippen molar-refractivity contribution in [2.75, 3.05) is 26.3 Å². The van der Waals surface area contributed by atoms with Crippen molar-refractivity contribution in [2.45, 2.75) is 32.2 Å². The zero-order valence-corrected chi connectivity index (χ0v) is 12.8. The maximum absolute atomic E-state index is 5.41. The van der Waals surface area contributed by atoms with Gasteiger partial charge in [0.05, 0.1) is 13.2 Å². The van der Waals surface area contributed by atoms with E-state index in [1.54, 1.807) is 5.57 Å². The summed E-state index contributed by atoms with van der Waals surface area (Å²) >= 11 is 0. The number of fused-ring (bicyclic) bond motifs is 1. The van der Waals surface area contributed by atoms with Crippen LogP contribution in [0.15, 0.2) is 30.3 Å². The van der Waals surface area contributed by atoms with E-state index < -0.39 is 0 Å². The van der Waals surface area contributed by atoms with Gasteiger partial charge in [-0.25, -0.2) is 0 Å². The fraction of sp³-hybridized carbons (Fsp3) is 0.579. The molecule has 2 atom stereocenters. The molecule has 2 heteroatoms. The van der Waals surface area contributed by atoms with Crippen LogP contribution in [0.1, 0.15) is 36.8 Å². The Kier molecular flexibility index (Phi) is 3.83. The van der Waals surface area contributed by atoms with Gasteiger partial charge < -0.3 is 4.74 Å². The van der Waals surface area contributed by atoms with Gasteiger partial charge in [-0.05, 0) is 47.8 Å². The number of nitrogens with zero attached hydrogens (tertiary/aromatic N) is 1. The van der Waals surface area contributed by atoms with E-state index in [1.165, 1.54) is 36.8 Å².